The van der Waals surface area contributed by atoms with Crippen LogP contribution in [-0.4, -0.2) is 57.1 Å². The molecule has 0 spiro atoms. The first-order valence-corrected chi connectivity index (χ1v) is 11.3. The summed E-state index contributed by atoms with van der Waals surface area (Å²) in [5, 5.41) is 3.83. The SMILES string of the molecule is CC(C)(C)c1ccnc(C(=O)Nc2ccc(-c3cc4c(N5CCOCC5)ncnc4[nH]3)nc2)c1. The van der Waals surface area contributed by atoms with Crippen molar-refractivity contribution in [2.24, 2.45) is 0 Å². The van der Waals surface area contributed by atoms with Crippen LogP contribution in [0.2, 0.25) is 0 Å². The summed E-state index contributed by atoms with van der Waals surface area (Å²) in [6, 6.07) is 9.47. The van der Waals surface area contributed by atoms with Gasteiger partial charge in [-0.25, -0.2) is 9.97 Å². The summed E-state index contributed by atoms with van der Waals surface area (Å²) in [6.07, 6.45) is 4.88. The zero-order chi connectivity index (χ0) is 23.7. The Hall–Kier alpha value is -3.85. The van der Waals surface area contributed by atoms with Gasteiger partial charge in [-0.05, 0) is 41.3 Å². The van der Waals surface area contributed by atoms with Gasteiger partial charge in [-0.1, -0.05) is 20.8 Å². The molecule has 1 saturated heterocycles. The molecule has 1 aliphatic heterocycles. The number of aromatic nitrogens is 5. The van der Waals surface area contributed by atoms with Crippen molar-refractivity contribution >= 4 is 28.4 Å². The van der Waals surface area contributed by atoms with Crippen LogP contribution in [0.5, 0.6) is 0 Å². The molecular formula is C25H27N7O2. The molecule has 0 aromatic carbocycles. The number of nitrogens with zero attached hydrogens (tertiary/aromatic N) is 5. The first kappa shape index (κ1) is 22.0. The van der Waals surface area contributed by atoms with Gasteiger partial charge in [0.1, 0.15) is 23.5 Å². The lowest BCUT2D eigenvalue weighted by Gasteiger charge is -2.27. The largest absolute Gasteiger partial charge is 0.378 e. The highest BCUT2D eigenvalue weighted by atomic mass is 16.5. The number of nitrogens with one attached hydrogen (secondary N) is 2. The summed E-state index contributed by atoms with van der Waals surface area (Å²) in [5.41, 5.74) is 4.31. The summed E-state index contributed by atoms with van der Waals surface area (Å²) >= 11 is 0. The first-order chi connectivity index (χ1) is 16.4. The van der Waals surface area contributed by atoms with Gasteiger partial charge in [-0.15, -0.1) is 0 Å². The molecule has 0 saturated carbocycles. The molecule has 0 atom stereocenters. The predicted octanol–water partition coefficient (Wildman–Crippen LogP) is 3.80. The quantitative estimate of drug-likeness (QED) is 0.480. The molecular weight excluding hydrogens is 430 g/mol. The van der Waals surface area contributed by atoms with Crippen molar-refractivity contribution in [1.82, 2.24) is 24.9 Å². The summed E-state index contributed by atoms with van der Waals surface area (Å²) in [7, 11) is 0. The number of hydrogen-bond acceptors (Lipinski definition) is 7. The van der Waals surface area contributed by atoms with Crippen molar-refractivity contribution in [2.75, 3.05) is 36.5 Å². The number of pyridine rings is 2. The summed E-state index contributed by atoms with van der Waals surface area (Å²) in [5.74, 6) is 0.626. The second-order valence-electron chi connectivity index (χ2n) is 9.31. The van der Waals surface area contributed by atoms with Crippen LogP contribution in [0.4, 0.5) is 11.5 Å². The lowest BCUT2D eigenvalue weighted by Crippen LogP contribution is -2.36. The second kappa shape index (κ2) is 8.83. The number of carbonyl (C=O) groups is 1. The predicted molar refractivity (Wildman–Crippen MR) is 131 cm³/mol. The molecule has 0 bridgehead atoms. The van der Waals surface area contributed by atoms with Gasteiger partial charge >= 0.3 is 0 Å². The first-order valence-electron chi connectivity index (χ1n) is 11.3. The maximum atomic E-state index is 12.7. The van der Waals surface area contributed by atoms with Crippen molar-refractivity contribution < 1.29 is 9.53 Å². The van der Waals surface area contributed by atoms with Crippen LogP contribution in [-0.2, 0) is 10.2 Å². The second-order valence-corrected chi connectivity index (χ2v) is 9.31. The van der Waals surface area contributed by atoms with Crippen LogP contribution in [0.3, 0.4) is 0 Å². The van der Waals surface area contributed by atoms with Gasteiger partial charge in [0.15, 0.2) is 0 Å². The van der Waals surface area contributed by atoms with Crippen molar-refractivity contribution in [3.05, 3.63) is 60.3 Å². The number of hydrogen-bond donors (Lipinski definition) is 2. The van der Waals surface area contributed by atoms with E-state index in [-0.39, 0.29) is 11.3 Å². The van der Waals surface area contributed by atoms with Crippen LogP contribution in [0, 0.1) is 0 Å². The number of carbonyl (C=O) groups excluding carboxylic acids is 1. The monoisotopic (exact) mass is 457 g/mol. The lowest BCUT2D eigenvalue weighted by atomic mass is 9.87. The molecule has 4 aromatic heterocycles. The minimum absolute atomic E-state index is 0.0627. The van der Waals surface area contributed by atoms with E-state index >= 15 is 0 Å². The fourth-order valence-electron chi connectivity index (χ4n) is 3.94. The summed E-state index contributed by atoms with van der Waals surface area (Å²) < 4.78 is 5.46. The molecule has 5 heterocycles. The van der Waals surface area contributed by atoms with Gasteiger partial charge in [-0.3, -0.25) is 14.8 Å². The zero-order valence-electron chi connectivity index (χ0n) is 19.5. The van der Waals surface area contributed by atoms with E-state index in [1.165, 1.54) is 0 Å². The Kier molecular flexibility index (Phi) is 5.70. The number of amides is 1. The Morgan fingerprint density at radius 2 is 1.88 bits per heavy atom. The minimum atomic E-state index is -0.267. The summed E-state index contributed by atoms with van der Waals surface area (Å²) in [6.45, 7) is 9.28. The Morgan fingerprint density at radius 1 is 1.06 bits per heavy atom. The van der Waals surface area contributed by atoms with Crippen molar-refractivity contribution in [3.63, 3.8) is 0 Å². The fraction of sp³-hybridized carbons (Fsp3) is 0.320. The Balaban J connectivity index is 1.35. The van der Waals surface area contributed by atoms with Gasteiger partial charge in [0.05, 0.1) is 41.9 Å². The minimum Gasteiger partial charge on any atom is -0.378 e. The number of ether oxygens (including phenoxy) is 1. The molecule has 0 aliphatic carbocycles. The highest BCUT2D eigenvalue weighted by Crippen LogP contribution is 2.29. The summed E-state index contributed by atoms with van der Waals surface area (Å²) in [4.78, 5) is 35.9. The van der Waals surface area contributed by atoms with E-state index < -0.39 is 0 Å². The average Bonchev–Trinajstić information content (AvgIpc) is 3.29. The topological polar surface area (TPSA) is 109 Å². The Morgan fingerprint density at radius 3 is 2.62 bits per heavy atom. The molecule has 174 valence electrons. The number of morpholine rings is 1. The number of aromatic amines is 1. The molecule has 9 nitrogen and oxygen atoms in total. The van der Waals surface area contributed by atoms with Crippen LogP contribution in [0.1, 0.15) is 36.8 Å². The molecule has 1 aliphatic rings. The Bertz CT molecular complexity index is 1320. The maximum Gasteiger partial charge on any atom is 0.274 e. The van der Waals surface area contributed by atoms with Gasteiger partial charge in [0.2, 0.25) is 0 Å². The molecule has 34 heavy (non-hydrogen) atoms. The third kappa shape index (κ3) is 4.47. The van der Waals surface area contributed by atoms with E-state index in [0.29, 0.717) is 24.6 Å². The van der Waals surface area contributed by atoms with Crippen molar-refractivity contribution in [2.45, 2.75) is 26.2 Å². The molecule has 5 rings (SSSR count). The Labute approximate surface area is 197 Å². The molecule has 0 unspecified atom stereocenters. The number of H-pyrrole nitrogens is 1. The van der Waals surface area contributed by atoms with E-state index in [1.807, 2.05) is 30.3 Å². The zero-order valence-corrected chi connectivity index (χ0v) is 19.5. The van der Waals surface area contributed by atoms with E-state index in [2.05, 4.69) is 55.9 Å². The van der Waals surface area contributed by atoms with Crippen molar-refractivity contribution in [3.8, 4) is 11.4 Å². The van der Waals surface area contributed by atoms with E-state index in [4.69, 9.17) is 4.74 Å². The van der Waals surface area contributed by atoms with Crippen LogP contribution in [0.15, 0.2) is 49.1 Å². The van der Waals surface area contributed by atoms with Crippen molar-refractivity contribution in [1.29, 1.82) is 0 Å². The van der Waals surface area contributed by atoms with E-state index in [0.717, 1.165) is 46.9 Å². The molecule has 0 radical (unpaired) electrons. The molecule has 1 amide bonds. The van der Waals surface area contributed by atoms with Gasteiger partial charge in [0, 0.05) is 19.3 Å². The highest BCUT2D eigenvalue weighted by Gasteiger charge is 2.19. The van der Waals surface area contributed by atoms with Crippen LogP contribution in [0.25, 0.3) is 22.4 Å². The number of rotatable bonds is 4. The molecule has 1 fully saturated rings. The highest BCUT2D eigenvalue weighted by molar-refractivity contribution is 6.03. The normalized spacial score (nSPS) is 14.4. The number of fused-ring (bicyclic) bond motifs is 1. The third-order valence-corrected chi connectivity index (χ3v) is 5.87. The number of anilines is 2. The lowest BCUT2D eigenvalue weighted by molar-refractivity contribution is 0.102. The van der Waals surface area contributed by atoms with Gasteiger partial charge in [0.25, 0.3) is 5.91 Å². The third-order valence-electron chi connectivity index (χ3n) is 5.87. The van der Waals surface area contributed by atoms with E-state index in [9.17, 15) is 4.79 Å². The molecule has 4 aromatic rings. The smallest absolute Gasteiger partial charge is 0.274 e. The molecule has 9 heteroatoms. The average molecular weight is 458 g/mol. The van der Waals surface area contributed by atoms with E-state index in [1.54, 1.807) is 18.7 Å². The van der Waals surface area contributed by atoms with Gasteiger partial charge < -0.3 is 19.9 Å². The standard InChI is InChI=1S/C25H27N7O2/c1-25(2,3)16-6-7-26-21(12-16)24(33)30-17-4-5-19(27-14-17)20-13-18-22(31-20)28-15-29-23(18)32-8-10-34-11-9-32/h4-7,12-15H,8-11H2,1-3H3,(H,30,33)(H,28,29,31). The van der Waals surface area contributed by atoms with Crippen LogP contribution < -0.4 is 10.2 Å². The van der Waals surface area contributed by atoms with Gasteiger partial charge in [-0.2, -0.15) is 0 Å². The fourth-order valence-corrected chi connectivity index (χ4v) is 3.94. The van der Waals surface area contributed by atoms with Crippen LogP contribution >= 0.6 is 0 Å². The molecule has 2 N–H and O–H groups in total. The maximum absolute atomic E-state index is 12.7.